The number of hydrogen-bond donors (Lipinski definition) is 1. The highest BCUT2D eigenvalue weighted by Gasteiger charge is 2.07. The molecular formula is C17H15FN2OS. The molecular weight excluding hydrogens is 299 g/mol. The highest BCUT2D eigenvalue weighted by atomic mass is 32.1. The average Bonchev–Trinajstić information content (AvgIpc) is 2.86. The normalized spacial score (nSPS) is 10.8. The van der Waals surface area contributed by atoms with Crippen LogP contribution in [0.5, 0.6) is 0 Å². The Balaban J connectivity index is 1.64. The summed E-state index contributed by atoms with van der Waals surface area (Å²) in [4.78, 5) is 16.4. The van der Waals surface area contributed by atoms with Gasteiger partial charge in [-0.1, -0.05) is 18.2 Å². The van der Waals surface area contributed by atoms with Gasteiger partial charge in [-0.25, -0.2) is 9.37 Å². The summed E-state index contributed by atoms with van der Waals surface area (Å²) in [5.41, 5.74) is 2.24. The van der Waals surface area contributed by atoms with E-state index in [1.54, 1.807) is 29.5 Å². The molecule has 1 N–H and O–H groups in total. The molecule has 22 heavy (non-hydrogen) atoms. The Hall–Kier alpha value is -2.27. The van der Waals surface area contributed by atoms with E-state index in [2.05, 4.69) is 10.3 Å². The maximum Gasteiger partial charge on any atom is 0.224 e. The van der Waals surface area contributed by atoms with E-state index in [1.807, 2.05) is 25.1 Å². The molecule has 1 heterocycles. The van der Waals surface area contributed by atoms with E-state index >= 15 is 0 Å². The summed E-state index contributed by atoms with van der Waals surface area (Å²) in [7, 11) is 0. The molecule has 0 aliphatic rings. The van der Waals surface area contributed by atoms with Gasteiger partial charge in [0.15, 0.2) is 0 Å². The predicted molar refractivity (Wildman–Crippen MR) is 87.7 cm³/mol. The molecule has 1 aromatic heterocycles. The molecule has 0 atom stereocenters. The number of amides is 1. The van der Waals surface area contributed by atoms with Crippen molar-refractivity contribution >= 4 is 33.1 Å². The van der Waals surface area contributed by atoms with Crippen LogP contribution < -0.4 is 5.32 Å². The van der Waals surface area contributed by atoms with Gasteiger partial charge in [0, 0.05) is 12.1 Å². The molecule has 3 aromatic rings. The van der Waals surface area contributed by atoms with Gasteiger partial charge >= 0.3 is 0 Å². The number of aromatic nitrogens is 1. The molecule has 0 aliphatic heterocycles. The van der Waals surface area contributed by atoms with E-state index in [9.17, 15) is 9.18 Å². The fourth-order valence-corrected chi connectivity index (χ4v) is 3.16. The van der Waals surface area contributed by atoms with Crippen molar-refractivity contribution in [3.63, 3.8) is 0 Å². The molecule has 3 rings (SSSR count). The smallest absolute Gasteiger partial charge is 0.224 e. The summed E-state index contributed by atoms with van der Waals surface area (Å²) < 4.78 is 14.6. The van der Waals surface area contributed by atoms with Crippen molar-refractivity contribution in [3.8, 4) is 0 Å². The third-order valence-electron chi connectivity index (χ3n) is 3.36. The zero-order valence-corrected chi connectivity index (χ0v) is 12.9. The van der Waals surface area contributed by atoms with E-state index < -0.39 is 0 Å². The molecule has 3 nitrogen and oxygen atoms in total. The number of halogens is 1. The molecule has 0 saturated heterocycles. The zero-order valence-electron chi connectivity index (χ0n) is 12.1. The molecule has 0 fully saturated rings. The Morgan fingerprint density at radius 1 is 1.27 bits per heavy atom. The number of aryl methyl sites for hydroxylation is 2. The molecule has 1 amide bonds. The van der Waals surface area contributed by atoms with Gasteiger partial charge in [-0.05, 0) is 43.2 Å². The third-order valence-corrected chi connectivity index (χ3v) is 4.29. The van der Waals surface area contributed by atoms with Crippen LogP contribution in [0, 0.1) is 12.7 Å². The maximum atomic E-state index is 13.5. The topological polar surface area (TPSA) is 42.0 Å². The number of nitrogens with one attached hydrogen (secondary N) is 1. The van der Waals surface area contributed by atoms with Crippen LogP contribution in [0.15, 0.2) is 42.5 Å². The number of carbonyl (C=O) groups is 1. The van der Waals surface area contributed by atoms with Crippen LogP contribution in [0.25, 0.3) is 10.2 Å². The van der Waals surface area contributed by atoms with Crippen molar-refractivity contribution in [2.45, 2.75) is 19.8 Å². The average molecular weight is 314 g/mol. The fraction of sp³-hybridized carbons (Fsp3) is 0.176. The summed E-state index contributed by atoms with van der Waals surface area (Å²) in [6, 6.07) is 12.2. The number of fused-ring (bicyclic) bond motifs is 1. The van der Waals surface area contributed by atoms with Crippen molar-refractivity contribution in [1.82, 2.24) is 4.98 Å². The second kappa shape index (κ2) is 6.23. The first kappa shape index (κ1) is 14.7. The molecule has 0 bridgehead atoms. The van der Waals surface area contributed by atoms with Crippen LogP contribution in [0.2, 0.25) is 0 Å². The SMILES string of the molecule is Cc1nc2ccc(NC(=O)CCc3ccccc3F)cc2s1. The predicted octanol–water partition coefficient (Wildman–Crippen LogP) is 4.32. The van der Waals surface area contributed by atoms with E-state index in [-0.39, 0.29) is 18.1 Å². The number of thiazole rings is 1. The number of nitrogens with zero attached hydrogens (tertiary/aromatic N) is 1. The lowest BCUT2D eigenvalue weighted by atomic mass is 10.1. The molecule has 2 aromatic carbocycles. The second-order valence-electron chi connectivity index (χ2n) is 5.05. The minimum absolute atomic E-state index is 0.121. The lowest BCUT2D eigenvalue weighted by Gasteiger charge is -2.06. The Labute approximate surface area is 131 Å². The summed E-state index contributed by atoms with van der Waals surface area (Å²) in [6.07, 6.45) is 0.640. The van der Waals surface area contributed by atoms with Gasteiger partial charge in [0.2, 0.25) is 5.91 Å². The minimum atomic E-state index is -0.267. The lowest BCUT2D eigenvalue weighted by Crippen LogP contribution is -2.12. The van der Waals surface area contributed by atoms with Gasteiger partial charge in [-0.2, -0.15) is 0 Å². The van der Waals surface area contributed by atoms with Crippen LogP contribution in [0.1, 0.15) is 17.0 Å². The van der Waals surface area contributed by atoms with Gasteiger partial charge in [-0.15, -0.1) is 11.3 Å². The first-order chi connectivity index (χ1) is 10.6. The van der Waals surface area contributed by atoms with E-state index in [4.69, 9.17) is 0 Å². The number of anilines is 1. The molecule has 0 radical (unpaired) electrons. The Morgan fingerprint density at radius 2 is 2.09 bits per heavy atom. The Bertz CT molecular complexity index is 828. The molecule has 5 heteroatoms. The van der Waals surface area contributed by atoms with Crippen molar-refractivity contribution in [1.29, 1.82) is 0 Å². The number of benzene rings is 2. The highest BCUT2D eigenvalue weighted by molar-refractivity contribution is 7.18. The minimum Gasteiger partial charge on any atom is -0.326 e. The van der Waals surface area contributed by atoms with E-state index in [1.165, 1.54) is 6.07 Å². The largest absolute Gasteiger partial charge is 0.326 e. The standard InChI is InChI=1S/C17H15FN2OS/c1-11-19-15-8-7-13(10-16(15)22-11)20-17(21)9-6-12-4-2-3-5-14(12)18/h2-5,7-8,10H,6,9H2,1H3,(H,20,21). The van der Waals surface area contributed by atoms with Crippen molar-refractivity contribution in [3.05, 3.63) is 58.9 Å². The quantitative estimate of drug-likeness (QED) is 0.779. The monoisotopic (exact) mass is 314 g/mol. The van der Waals surface area contributed by atoms with Crippen molar-refractivity contribution in [2.75, 3.05) is 5.32 Å². The van der Waals surface area contributed by atoms with Crippen LogP contribution in [-0.2, 0) is 11.2 Å². The molecule has 0 unspecified atom stereocenters. The van der Waals surface area contributed by atoms with E-state index in [0.29, 0.717) is 12.0 Å². The summed E-state index contributed by atoms with van der Waals surface area (Å²) in [5.74, 6) is -0.388. The van der Waals surface area contributed by atoms with Crippen LogP contribution in [0.3, 0.4) is 0 Å². The molecule has 112 valence electrons. The van der Waals surface area contributed by atoms with E-state index in [0.717, 1.165) is 20.9 Å². The van der Waals surface area contributed by atoms with Crippen molar-refractivity contribution in [2.24, 2.45) is 0 Å². The molecule has 0 spiro atoms. The number of carbonyl (C=O) groups excluding carboxylic acids is 1. The maximum absolute atomic E-state index is 13.5. The highest BCUT2D eigenvalue weighted by Crippen LogP contribution is 2.24. The summed E-state index contributed by atoms with van der Waals surface area (Å²) in [5, 5.41) is 3.85. The molecule has 0 saturated carbocycles. The van der Waals surface area contributed by atoms with Gasteiger partial charge in [0.1, 0.15) is 5.82 Å². The Kier molecular flexibility index (Phi) is 4.15. The lowest BCUT2D eigenvalue weighted by molar-refractivity contribution is -0.116. The Morgan fingerprint density at radius 3 is 2.91 bits per heavy atom. The summed E-state index contributed by atoms with van der Waals surface area (Å²) in [6.45, 7) is 1.96. The first-order valence-corrected chi connectivity index (χ1v) is 7.84. The number of hydrogen-bond acceptors (Lipinski definition) is 3. The van der Waals surface area contributed by atoms with Gasteiger partial charge in [0.25, 0.3) is 0 Å². The molecule has 0 aliphatic carbocycles. The van der Waals surface area contributed by atoms with Gasteiger partial charge < -0.3 is 5.32 Å². The fourth-order valence-electron chi connectivity index (χ4n) is 2.29. The van der Waals surface area contributed by atoms with Crippen LogP contribution >= 0.6 is 11.3 Å². The third kappa shape index (κ3) is 3.31. The van der Waals surface area contributed by atoms with Gasteiger partial charge in [-0.3, -0.25) is 4.79 Å². The first-order valence-electron chi connectivity index (χ1n) is 7.02. The van der Waals surface area contributed by atoms with Gasteiger partial charge in [0.05, 0.1) is 15.2 Å². The van der Waals surface area contributed by atoms with Crippen LogP contribution in [-0.4, -0.2) is 10.9 Å². The number of rotatable bonds is 4. The summed E-state index contributed by atoms with van der Waals surface area (Å²) >= 11 is 1.59. The zero-order chi connectivity index (χ0) is 15.5. The van der Waals surface area contributed by atoms with Crippen LogP contribution in [0.4, 0.5) is 10.1 Å². The van der Waals surface area contributed by atoms with Crippen molar-refractivity contribution < 1.29 is 9.18 Å². The second-order valence-corrected chi connectivity index (χ2v) is 6.29.